The molecule has 0 aliphatic heterocycles. The maximum absolute atomic E-state index is 11.8. The molecule has 0 aliphatic carbocycles. The smallest absolute Gasteiger partial charge is 0.247 e. The van der Waals surface area contributed by atoms with Crippen LogP contribution in [-0.4, -0.2) is 5.91 Å². The lowest BCUT2D eigenvalue weighted by Gasteiger charge is -2.08. The molecule has 1 amide bonds. The Balaban J connectivity index is 1.82. The SMILES string of the molecule is Cc1ccc(C)c(CC(=O)NOCc2ccccc2)c1. The number of amides is 1. The number of carbonyl (C=O) groups is 1. The Labute approximate surface area is 119 Å². The van der Waals surface area contributed by atoms with E-state index in [2.05, 4.69) is 5.48 Å². The number of benzene rings is 2. The summed E-state index contributed by atoms with van der Waals surface area (Å²) in [6, 6.07) is 15.8. The van der Waals surface area contributed by atoms with E-state index < -0.39 is 0 Å². The van der Waals surface area contributed by atoms with E-state index >= 15 is 0 Å². The molecule has 0 heterocycles. The molecule has 104 valence electrons. The molecule has 0 unspecified atom stereocenters. The van der Waals surface area contributed by atoms with Crippen LogP contribution in [0.25, 0.3) is 0 Å². The molecular weight excluding hydrogens is 250 g/mol. The first-order valence-corrected chi connectivity index (χ1v) is 6.66. The van der Waals surface area contributed by atoms with Crippen molar-refractivity contribution in [1.82, 2.24) is 5.48 Å². The fourth-order valence-electron chi connectivity index (χ4n) is 1.97. The first-order chi connectivity index (χ1) is 9.65. The van der Waals surface area contributed by atoms with E-state index in [1.54, 1.807) is 0 Å². The summed E-state index contributed by atoms with van der Waals surface area (Å²) >= 11 is 0. The summed E-state index contributed by atoms with van der Waals surface area (Å²) in [5, 5.41) is 0. The van der Waals surface area contributed by atoms with Crippen LogP contribution in [0.15, 0.2) is 48.5 Å². The first kappa shape index (κ1) is 14.3. The first-order valence-electron chi connectivity index (χ1n) is 6.66. The summed E-state index contributed by atoms with van der Waals surface area (Å²) in [7, 11) is 0. The number of rotatable bonds is 5. The second-order valence-electron chi connectivity index (χ2n) is 4.91. The van der Waals surface area contributed by atoms with Gasteiger partial charge in [0, 0.05) is 0 Å². The van der Waals surface area contributed by atoms with Crippen LogP contribution >= 0.6 is 0 Å². The van der Waals surface area contributed by atoms with Crippen molar-refractivity contribution in [3.8, 4) is 0 Å². The van der Waals surface area contributed by atoms with Gasteiger partial charge in [0.15, 0.2) is 0 Å². The lowest BCUT2D eigenvalue weighted by molar-refractivity contribution is -0.133. The summed E-state index contributed by atoms with van der Waals surface area (Å²) in [6.45, 7) is 4.40. The Hall–Kier alpha value is -2.13. The van der Waals surface area contributed by atoms with Gasteiger partial charge in [-0.15, -0.1) is 0 Å². The number of carbonyl (C=O) groups excluding carboxylic acids is 1. The van der Waals surface area contributed by atoms with Gasteiger partial charge in [-0.2, -0.15) is 0 Å². The highest BCUT2D eigenvalue weighted by Crippen LogP contribution is 2.11. The normalized spacial score (nSPS) is 10.3. The number of hydrogen-bond acceptors (Lipinski definition) is 2. The fourth-order valence-corrected chi connectivity index (χ4v) is 1.97. The molecule has 2 aromatic carbocycles. The van der Waals surface area contributed by atoms with Crippen molar-refractivity contribution in [2.75, 3.05) is 0 Å². The minimum atomic E-state index is -0.130. The van der Waals surface area contributed by atoms with Gasteiger partial charge in [0.2, 0.25) is 5.91 Å². The standard InChI is InChI=1S/C17H19NO2/c1-13-8-9-14(2)16(10-13)11-17(19)18-20-12-15-6-4-3-5-7-15/h3-10H,11-12H2,1-2H3,(H,18,19). The summed E-state index contributed by atoms with van der Waals surface area (Å²) in [4.78, 5) is 17.1. The van der Waals surface area contributed by atoms with Crippen LogP contribution in [0.2, 0.25) is 0 Å². The van der Waals surface area contributed by atoms with Gasteiger partial charge in [-0.3, -0.25) is 9.63 Å². The molecule has 0 saturated carbocycles. The molecule has 2 rings (SSSR count). The molecule has 0 saturated heterocycles. The largest absolute Gasteiger partial charge is 0.272 e. The van der Waals surface area contributed by atoms with Crippen molar-refractivity contribution in [3.63, 3.8) is 0 Å². The van der Waals surface area contributed by atoms with Gasteiger partial charge < -0.3 is 0 Å². The average Bonchev–Trinajstić information content (AvgIpc) is 2.44. The zero-order valence-corrected chi connectivity index (χ0v) is 11.8. The summed E-state index contributed by atoms with van der Waals surface area (Å²) in [6.07, 6.45) is 0.336. The van der Waals surface area contributed by atoms with Crippen LogP contribution in [0.1, 0.15) is 22.3 Å². The van der Waals surface area contributed by atoms with Crippen LogP contribution in [-0.2, 0) is 22.7 Å². The van der Waals surface area contributed by atoms with Crippen molar-refractivity contribution < 1.29 is 9.63 Å². The van der Waals surface area contributed by atoms with Gasteiger partial charge in [0.05, 0.1) is 13.0 Å². The van der Waals surface area contributed by atoms with Gasteiger partial charge in [-0.05, 0) is 30.5 Å². The molecule has 0 bridgehead atoms. The highest BCUT2D eigenvalue weighted by Gasteiger charge is 2.06. The third-order valence-corrected chi connectivity index (χ3v) is 3.12. The lowest BCUT2D eigenvalue weighted by Crippen LogP contribution is -2.25. The predicted octanol–water partition coefficient (Wildman–Crippen LogP) is 3.09. The third kappa shape index (κ3) is 4.21. The van der Waals surface area contributed by atoms with Crippen molar-refractivity contribution in [2.24, 2.45) is 0 Å². The van der Waals surface area contributed by atoms with Crippen molar-refractivity contribution in [2.45, 2.75) is 26.9 Å². The van der Waals surface area contributed by atoms with Gasteiger partial charge in [0.25, 0.3) is 0 Å². The van der Waals surface area contributed by atoms with Gasteiger partial charge in [-0.1, -0.05) is 54.1 Å². The molecule has 2 aromatic rings. The number of hydroxylamine groups is 1. The average molecular weight is 269 g/mol. The van der Waals surface area contributed by atoms with Crippen LogP contribution in [0, 0.1) is 13.8 Å². The Bertz CT molecular complexity index is 579. The zero-order chi connectivity index (χ0) is 14.4. The van der Waals surface area contributed by atoms with Crippen LogP contribution in [0.5, 0.6) is 0 Å². The molecule has 3 nitrogen and oxygen atoms in total. The fraction of sp³-hybridized carbons (Fsp3) is 0.235. The monoisotopic (exact) mass is 269 g/mol. The topological polar surface area (TPSA) is 38.3 Å². The van der Waals surface area contributed by atoms with E-state index in [0.717, 1.165) is 22.3 Å². The molecule has 0 aromatic heterocycles. The molecule has 0 aliphatic rings. The minimum Gasteiger partial charge on any atom is -0.272 e. The van der Waals surface area contributed by atoms with Crippen molar-refractivity contribution in [3.05, 3.63) is 70.8 Å². The van der Waals surface area contributed by atoms with Crippen LogP contribution < -0.4 is 5.48 Å². The van der Waals surface area contributed by atoms with Crippen LogP contribution in [0.3, 0.4) is 0 Å². The van der Waals surface area contributed by atoms with Gasteiger partial charge in [-0.25, -0.2) is 5.48 Å². The maximum Gasteiger partial charge on any atom is 0.247 e. The second-order valence-corrected chi connectivity index (χ2v) is 4.91. The summed E-state index contributed by atoms with van der Waals surface area (Å²) in [5.41, 5.74) is 6.82. The predicted molar refractivity (Wildman–Crippen MR) is 79.0 cm³/mol. The molecular formula is C17H19NO2. The molecule has 3 heteroatoms. The van der Waals surface area contributed by atoms with E-state index in [0.29, 0.717) is 13.0 Å². The van der Waals surface area contributed by atoms with E-state index in [-0.39, 0.29) is 5.91 Å². The quantitative estimate of drug-likeness (QED) is 0.847. The second kappa shape index (κ2) is 6.87. The molecule has 0 spiro atoms. The highest BCUT2D eigenvalue weighted by atomic mass is 16.6. The molecule has 20 heavy (non-hydrogen) atoms. The van der Waals surface area contributed by atoms with Crippen molar-refractivity contribution in [1.29, 1.82) is 0 Å². The lowest BCUT2D eigenvalue weighted by atomic mass is 10.0. The Morgan fingerprint density at radius 1 is 1.10 bits per heavy atom. The zero-order valence-electron chi connectivity index (χ0n) is 11.8. The van der Waals surface area contributed by atoms with E-state index in [9.17, 15) is 4.79 Å². The van der Waals surface area contributed by atoms with E-state index in [4.69, 9.17) is 4.84 Å². The van der Waals surface area contributed by atoms with Gasteiger partial charge >= 0.3 is 0 Å². The van der Waals surface area contributed by atoms with E-state index in [1.165, 1.54) is 0 Å². The molecule has 0 fully saturated rings. The molecule has 0 atom stereocenters. The summed E-state index contributed by atoms with van der Waals surface area (Å²) in [5.74, 6) is -0.130. The highest BCUT2D eigenvalue weighted by molar-refractivity contribution is 5.77. The van der Waals surface area contributed by atoms with E-state index in [1.807, 2.05) is 62.4 Å². The Morgan fingerprint density at radius 3 is 2.60 bits per heavy atom. The Morgan fingerprint density at radius 2 is 1.85 bits per heavy atom. The number of aryl methyl sites for hydroxylation is 2. The Kier molecular flexibility index (Phi) is 4.91. The van der Waals surface area contributed by atoms with Crippen LogP contribution in [0.4, 0.5) is 0 Å². The van der Waals surface area contributed by atoms with Crippen molar-refractivity contribution >= 4 is 5.91 Å². The third-order valence-electron chi connectivity index (χ3n) is 3.12. The molecule has 1 N–H and O–H groups in total. The van der Waals surface area contributed by atoms with Gasteiger partial charge in [0.1, 0.15) is 0 Å². The summed E-state index contributed by atoms with van der Waals surface area (Å²) < 4.78 is 0. The number of hydrogen-bond donors (Lipinski definition) is 1. The molecule has 0 radical (unpaired) electrons. The maximum atomic E-state index is 11.8. The number of nitrogens with one attached hydrogen (secondary N) is 1. The minimum absolute atomic E-state index is 0.130.